The molecule has 0 unspecified atom stereocenters. The molecule has 0 atom stereocenters. The molecule has 0 amide bonds. The highest BCUT2D eigenvalue weighted by atomic mass is 35.8. The second-order valence-electron chi connectivity index (χ2n) is 6.07. The van der Waals surface area contributed by atoms with Gasteiger partial charge >= 0.3 is 6.00 Å². The van der Waals surface area contributed by atoms with E-state index in [0.29, 0.717) is 5.56 Å². The summed E-state index contributed by atoms with van der Waals surface area (Å²) >= 11 is 42.3. The molecule has 3 aromatic rings. The van der Waals surface area contributed by atoms with E-state index in [1.54, 1.807) is 12.1 Å². The van der Waals surface area contributed by atoms with Crippen LogP contribution in [0.25, 0.3) is 0 Å². The molecular weight excluding hydrogens is 547 g/mol. The van der Waals surface area contributed by atoms with Crippen LogP contribution in [0.1, 0.15) is 5.56 Å². The van der Waals surface area contributed by atoms with Gasteiger partial charge in [-0.3, -0.25) is 0 Å². The van der Waals surface area contributed by atoms with Gasteiger partial charge < -0.3 is 4.90 Å². The average molecular weight is 559 g/mol. The minimum absolute atomic E-state index is 0.207. The van der Waals surface area contributed by atoms with Crippen LogP contribution in [0.2, 0.25) is 0 Å². The molecule has 10 heteroatoms. The highest BCUT2D eigenvalue weighted by molar-refractivity contribution is 7.69. The standard InChI is InChI=1S/C19H12Cl7NSi2/c20-19(21,22)13-1-3-14(4-2-13)27(15-5-9-17(28-23)10-6-15)16-7-11-18(12-8-16)29(24,25)26/h1-12H. The Balaban J connectivity index is 2.06. The maximum atomic E-state index is 6.12. The number of halogens is 7. The van der Waals surface area contributed by atoms with Crippen molar-refractivity contribution in [2.24, 2.45) is 0 Å². The molecule has 0 fully saturated rings. The van der Waals surface area contributed by atoms with E-state index in [0.717, 1.165) is 27.4 Å². The van der Waals surface area contributed by atoms with Gasteiger partial charge in [0.25, 0.3) is 0 Å². The fraction of sp³-hybridized carbons (Fsp3) is 0.0526. The Morgan fingerprint density at radius 3 is 1.45 bits per heavy atom. The van der Waals surface area contributed by atoms with E-state index in [1.165, 1.54) is 0 Å². The predicted octanol–water partition coefficient (Wildman–Crippen LogP) is 7.33. The van der Waals surface area contributed by atoms with Gasteiger partial charge in [0.2, 0.25) is 12.6 Å². The first kappa shape index (κ1) is 23.6. The third-order valence-electron chi connectivity index (χ3n) is 4.14. The minimum atomic E-state index is -2.95. The van der Waals surface area contributed by atoms with Gasteiger partial charge in [0.05, 0.1) is 0 Å². The minimum Gasteiger partial charge on any atom is -0.311 e. The van der Waals surface area contributed by atoms with Crippen molar-refractivity contribution in [3.8, 4) is 0 Å². The molecule has 0 saturated heterocycles. The maximum Gasteiger partial charge on any atom is 0.372 e. The van der Waals surface area contributed by atoms with Gasteiger partial charge in [-0.05, 0) is 46.8 Å². The number of hydrogen-bond donors (Lipinski definition) is 0. The summed E-state index contributed by atoms with van der Waals surface area (Å²) in [5.74, 6) is 0. The monoisotopic (exact) mass is 555 g/mol. The number of hydrogen-bond acceptors (Lipinski definition) is 1. The molecule has 29 heavy (non-hydrogen) atoms. The van der Waals surface area contributed by atoms with Crippen LogP contribution in [0.5, 0.6) is 0 Å². The quantitative estimate of drug-likeness (QED) is 0.180. The topological polar surface area (TPSA) is 3.24 Å². The van der Waals surface area contributed by atoms with Crippen LogP contribution in [0, 0.1) is 0 Å². The summed E-state index contributed by atoms with van der Waals surface area (Å²) in [6.07, 6.45) is 0. The Hall–Kier alpha value is -0.0762. The van der Waals surface area contributed by atoms with Crippen LogP contribution in [0.4, 0.5) is 17.1 Å². The van der Waals surface area contributed by atoms with Crippen molar-refractivity contribution < 1.29 is 0 Å². The molecule has 0 aliphatic carbocycles. The first-order chi connectivity index (χ1) is 13.6. The summed E-state index contributed by atoms with van der Waals surface area (Å²) in [6, 6.07) is 19.9. The lowest BCUT2D eigenvalue weighted by molar-refractivity contribution is 1.22. The Morgan fingerprint density at radius 1 is 0.655 bits per heavy atom. The molecular formula is C19H12Cl7NSi2. The normalized spacial score (nSPS) is 12.1. The smallest absolute Gasteiger partial charge is 0.311 e. The molecule has 0 aliphatic heterocycles. The molecule has 0 heterocycles. The Bertz CT molecular complexity index is 893. The van der Waals surface area contributed by atoms with E-state index < -0.39 is 9.80 Å². The summed E-state index contributed by atoms with van der Waals surface area (Å²) in [4.78, 5) is 2.06. The molecule has 2 radical (unpaired) electrons. The van der Waals surface area contributed by atoms with Crippen molar-refractivity contribution in [2.45, 2.75) is 3.79 Å². The van der Waals surface area contributed by atoms with Crippen molar-refractivity contribution in [3.63, 3.8) is 0 Å². The lowest BCUT2D eigenvalue weighted by atomic mass is 10.1. The number of nitrogens with zero attached hydrogens (tertiary/aromatic N) is 1. The molecule has 0 spiro atoms. The summed E-state index contributed by atoms with van der Waals surface area (Å²) in [7, 11) is 0.207. The van der Waals surface area contributed by atoms with Crippen molar-refractivity contribution >= 4 is 121 Å². The number of alkyl halides is 3. The zero-order chi connectivity index (χ0) is 21.2. The van der Waals surface area contributed by atoms with Crippen molar-refractivity contribution in [1.82, 2.24) is 0 Å². The summed E-state index contributed by atoms with van der Waals surface area (Å²) in [5, 5.41) is 1.77. The highest BCUT2D eigenvalue weighted by Gasteiger charge is 2.28. The van der Waals surface area contributed by atoms with Crippen LogP contribution >= 0.6 is 79.1 Å². The second-order valence-corrected chi connectivity index (χ2v) is 18.1. The van der Waals surface area contributed by atoms with E-state index in [4.69, 9.17) is 79.1 Å². The van der Waals surface area contributed by atoms with E-state index in [-0.39, 0.29) is 8.83 Å². The molecule has 0 aromatic heterocycles. The molecule has 0 saturated carbocycles. The third-order valence-corrected chi connectivity index (χ3v) is 8.95. The number of benzene rings is 3. The Kier molecular flexibility index (Phi) is 7.81. The SMILES string of the molecule is Cl[Si]c1ccc(N(c2ccc(C(Cl)(Cl)Cl)cc2)c2ccc([Si](Cl)(Cl)Cl)cc2)cc1. The Labute approximate surface area is 207 Å². The summed E-state index contributed by atoms with van der Waals surface area (Å²) in [5.41, 5.74) is 3.33. The zero-order valence-electron chi connectivity index (χ0n) is 14.5. The fourth-order valence-electron chi connectivity index (χ4n) is 2.72. The van der Waals surface area contributed by atoms with Crippen molar-refractivity contribution in [2.75, 3.05) is 4.90 Å². The van der Waals surface area contributed by atoms with E-state index >= 15 is 0 Å². The van der Waals surface area contributed by atoms with Crippen LogP contribution in [0.15, 0.2) is 72.8 Å². The molecule has 0 N–H and O–H groups in total. The van der Waals surface area contributed by atoms with Crippen molar-refractivity contribution in [1.29, 1.82) is 0 Å². The zero-order valence-corrected chi connectivity index (χ0v) is 21.8. The molecule has 3 rings (SSSR count). The number of anilines is 3. The maximum absolute atomic E-state index is 6.12. The second kappa shape index (κ2) is 9.60. The van der Waals surface area contributed by atoms with Gasteiger partial charge in [0, 0.05) is 22.6 Å². The van der Waals surface area contributed by atoms with Gasteiger partial charge in [-0.25, -0.2) is 0 Å². The first-order valence-electron chi connectivity index (χ1n) is 8.21. The van der Waals surface area contributed by atoms with Crippen LogP contribution in [0.3, 0.4) is 0 Å². The summed E-state index contributed by atoms with van der Waals surface area (Å²) in [6.45, 7) is 0. The van der Waals surface area contributed by atoms with Gasteiger partial charge in [-0.2, -0.15) is 11.1 Å². The molecule has 0 aliphatic rings. The van der Waals surface area contributed by atoms with E-state index in [2.05, 4.69) is 4.90 Å². The van der Waals surface area contributed by atoms with Crippen LogP contribution < -0.4 is 15.3 Å². The van der Waals surface area contributed by atoms with E-state index in [9.17, 15) is 0 Å². The van der Waals surface area contributed by atoms with Crippen LogP contribution in [-0.2, 0) is 3.79 Å². The van der Waals surface area contributed by atoms with Gasteiger partial charge in [-0.1, -0.05) is 71.2 Å². The van der Waals surface area contributed by atoms with Crippen molar-refractivity contribution in [3.05, 3.63) is 78.4 Å². The average Bonchev–Trinajstić information content (AvgIpc) is 2.68. The first-order valence-corrected chi connectivity index (χ1v) is 16.4. The predicted molar refractivity (Wildman–Crippen MR) is 135 cm³/mol. The highest BCUT2D eigenvalue weighted by Crippen LogP contribution is 2.40. The molecule has 1 nitrogen and oxygen atoms in total. The summed E-state index contributed by atoms with van der Waals surface area (Å²) < 4.78 is -1.48. The van der Waals surface area contributed by atoms with Crippen LogP contribution in [-0.4, -0.2) is 14.8 Å². The lowest BCUT2D eigenvalue weighted by Gasteiger charge is -2.26. The molecule has 3 aromatic carbocycles. The largest absolute Gasteiger partial charge is 0.372 e. The van der Waals surface area contributed by atoms with E-state index in [1.807, 2.05) is 60.7 Å². The number of rotatable bonds is 5. The molecule has 150 valence electrons. The fourth-order valence-corrected chi connectivity index (χ4v) is 5.45. The lowest BCUT2D eigenvalue weighted by Crippen LogP contribution is -2.29. The van der Waals surface area contributed by atoms with Gasteiger partial charge in [0.15, 0.2) is 0 Å². The Morgan fingerprint density at radius 2 is 1.07 bits per heavy atom. The third kappa shape index (κ3) is 6.00. The van der Waals surface area contributed by atoms with Gasteiger partial charge in [-0.15, -0.1) is 33.2 Å². The van der Waals surface area contributed by atoms with Gasteiger partial charge in [0.1, 0.15) is 0 Å². The molecule has 0 bridgehead atoms.